The summed E-state index contributed by atoms with van der Waals surface area (Å²) in [7, 11) is -4.16. The molecule has 5 nitrogen and oxygen atoms in total. The van der Waals surface area contributed by atoms with E-state index in [0.717, 1.165) is 10.4 Å². The van der Waals surface area contributed by atoms with Gasteiger partial charge < -0.3 is 5.11 Å². The summed E-state index contributed by atoms with van der Waals surface area (Å²) in [6.45, 7) is 0.0885. The fourth-order valence-electron chi connectivity index (χ4n) is 2.25. The zero-order valence-electron chi connectivity index (χ0n) is 10.4. The van der Waals surface area contributed by atoms with Crippen molar-refractivity contribution in [1.29, 1.82) is 0 Å². The van der Waals surface area contributed by atoms with Crippen LogP contribution in [0.2, 0.25) is 0 Å². The van der Waals surface area contributed by atoms with Gasteiger partial charge >= 0.3 is 5.97 Å². The lowest BCUT2D eigenvalue weighted by Gasteiger charge is -2.31. The van der Waals surface area contributed by atoms with Crippen molar-refractivity contribution in [2.75, 3.05) is 6.54 Å². The van der Waals surface area contributed by atoms with Crippen molar-refractivity contribution in [3.63, 3.8) is 0 Å². The highest BCUT2D eigenvalue weighted by Gasteiger charge is 2.38. The monoisotopic (exact) mass is 365 g/mol. The maximum absolute atomic E-state index is 14.0. The Labute approximate surface area is 124 Å². The van der Waals surface area contributed by atoms with Crippen molar-refractivity contribution in [2.24, 2.45) is 0 Å². The zero-order chi connectivity index (χ0) is 14.9. The second kappa shape index (κ2) is 5.79. The molecule has 110 valence electrons. The van der Waals surface area contributed by atoms with E-state index in [1.54, 1.807) is 0 Å². The lowest BCUT2D eigenvalue weighted by atomic mass is 10.1. The van der Waals surface area contributed by atoms with Crippen LogP contribution >= 0.6 is 15.9 Å². The minimum atomic E-state index is -4.16. The number of carbonyl (C=O) groups is 1. The molecule has 1 aromatic rings. The fraction of sp³-hybridized carbons (Fsp3) is 0.417. The number of piperidine rings is 1. The molecule has 1 saturated heterocycles. The van der Waals surface area contributed by atoms with E-state index < -0.39 is 32.7 Å². The third-order valence-electron chi connectivity index (χ3n) is 3.24. The quantitative estimate of drug-likeness (QED) is 0.890. The average molecular weight is 366 g/mol. The normalized spacial score (nSPS) is 20.8. The average Bonchev–Trinajstić information content (AvgIpc) is 2.41. The van der Waals surface area contributed by atoms with Crippen LogP contribution in [0.5, 0.6) is 0 Å². The minimum absolute atomic E-state index is 0.0301. The van der Waals surface area contributed by atoms with Crippen molar-refractivity contribution in [3.05, 3.63) is 28.5 Å². The summed E-state index contributed by atoms with van der Waals surface area (Å²) < 4.78 is 39.8. The molecule has 20 heavy (non-hydrogen) atoms. The second-order valence-electron chi connectivity index (χ2n) is 4.52. The summed E-state index contributed by atoms with van der Waals surface area (Å²) in [5.41, 5.74) is 0. The fourth-order valence-corrected chi connectivity index (χ4v) is 4.49. The highest BCUT2D eigenvalue weighted by molar-refractivity contribution is 9.10. The molecule has 0 bridgehead atoms. The van der Waals surface area contributed by atoms with Crippen LogP contribution < -0.4 is 0 Å². The molecule has 1 heterocycles. The predicted molar refractivity (Wildman–Crippen MR) is 73.3 cm³/mol. The Bertz CT molecular complexity index is 634. The van der Waals surface area contributed by atoms with Gasteiger partial charge in [-0.2, -0.15) is 4.31 Å². The molecule has 0 amide bonds. The van der Waals surface area contributed by atoms with Gasteiger partial charge in [0.05, 0.1) is 4.47 Å². The minimum Gasteiger partial charge on any atom is -0.480 e. The SMILES string of the molecule is O=C(O)C1CCCCN1S(=O)(=O)c1cccc(Br)c1F. The number of nitrogens with zero attached hydrogens (tertiary/aromatic N) is 1. The molecule has 1 unspecified atom stereocenters. The first-order valence-corrected chi connectivity index (χ1v) is 8.27. The molecule has 1 aliphatic rings. The Morgan fingerprint density at radius 1 is 1.40 bits per heavy atom. The van der Waals surface area contributed by atoms with Gasteiger partial charge in [-0.05, 0) is 47.3 Å². The molecule has 0 saturated carbocycles. The molecule has 1 fully saturated rings. The van der Waals surface area contributed by atoms with Crippen molar-refractivity contribution in [1.82, 2.24) is 4.31 Å². The van der Waals surface area contributed by atoms with Gasteiger partial charge in [-0.15, -0.1) is 0 Å². The number of rotatable bonds is 3. The molecule has 1 N–H and O–H groups in total. The standard InChI is InChI=1S/C12H13BrFNO4S/c13-8-4-3-6-10(11(8)14)20(18,19)15-7-2-1-5-9(15)12(16)17/h3-4,6,9H,1-2,5,7H2,(H,16,17). The highest BCUT2D eigenvalue weighted by atomic mass is 79.9. The zero-order valence-corrected chi connectivity index (χ0v) is 12.8. The topological polar surface area (TPSA) is 74.7 Å². The van der Waals surface area contributed by atoms with Gasteiger partial charge in [0, 0.05) is 6.54 Å². The third-order valence-corrected chi connectivity index (χ3v) is 5.78. The number of aliphatic carboxylic acids is 1. The molecule has 2 rings (SSSR count). The molecular formula is C12H13BrFNO4S. The van der Waals surface area contributed by atoms with Gasteiger partial charge in [0.1, 0.15) is 10.9 Å². The molecule has 1 aromatic carbocycles. The highest BCUT2D eigenvalue weighted by Crippen LogP contribution is 2.29. The number of benzene rings is 1. The first-order valence-electron chi connectivity index (χ1n) is 6.04. The third kappa shape index (κ3) is 2.72. The van der Waals surface area contributed by atoms with E-state index in [1.807, 2.05) is 0 Å². The van der Waals surface area contributed by atoms with E-state index in [1.165, 1.54) is 12.1 Å². The lowest BCUT2D eigenvalue weighted by molar-refractivity contribution is -0.142. The van der Waals surface area contributed by atoms with Crippen molar-refractivity contribution in [3.8, 4) is 0 Å². The summed E-state index contributed by atoms with van der Waals surface area (Å²) in [6, 6.07) is 2.80. The second-order valence-corrected chi connectivity index (χ2v) is 7.23. The van der Waals surface area contributed by atoms with Gasteiger partial charge in [-0.3, -0.25) is 4.79 Å². The van der Waals surface area contributed by atoms with Crippen molar-refractivity contribution >= 4 is 31.9 Å². The summed E-state index contributed by atoms with van der Waals surface area (Å²) >= 11 is 2.93. The first-order chi connectivity index (χ1) is 9.35. The number of halogens is 2. The summed E-state index contributed by atoms with van der Waals surface area (Å²) in [4.78, 5) is 10.7. The Balaban J connectivity index is 2.48. The van der Waals surface area contributed by atoms with Crippen molar-refractivity contribution in [2.45, 2.75) is 30.2 Å². The smallest absolute Gasteiger partial charge is 0.322 e. The summed E-state index contributed by atoms with van der Waals surface area (Å²) in [5, 5.41) is 9.13. The largest absolute Gasteiger partial charge is 0.480 e. The molecule has 0 radical (unpaired) electrons. The molecule has 1 aliphatic heterocycles. The number of carboxylic acids is 1. The van der Waals surface area contributed by atoms with Crippen LogP contribution in [0.25, 0.3) is 0 Å². The van der Waals surface area contributed by atoms with Gasteiger partial charge in [-0.1, -0.05) is 6.07 Å². The number of hydrogen-bond donors (Lipinski definition) is 1. The Morgan fingerprint density at radius 2 is 2.10 bits per heavy atom. The van der Waals surface area contributed by atoms with Crippen LogP contribution in [0.15, 0.2) is 27.6 Å². The number of sulfonamides is 1. The van der Waals surface area contributed by atoms with E-state index in [0.29, 0.717) is 12.8 Å². The molecule has 0 spiro atoms. The maximum atomic E-state index is 14.0. The van der Waals surface area contributed by atoms with E-state index in [9.17, 15) is 17.6 Å². The molecular weight excluding hydrogens is 353 g/mol. The Hall–Kier alpha value is -0.990. The van der Waals surface area contributed by atoms with E-state index in [4.69, 9.17) is 5.11 Å². The molecule has 0 aromatic heterocycles. The first kappa shape index (κ1) is 15.4. The van der Waals surface area contributed by atoms with Crippen LogP contribution in [-0.2, 0) is 14.8 Å². The van der Waals surface area contributed by atoms with E-state index >= 15 is 0 Å². The van der Waals surface area contributed by atoms with Crippen LogP contribution in [0.3, 0.4) is 0 Å². The maximum Gasteiger partial charge on any atom is 0.322 e. The Morgan fingerprint density at radius 3 is 2.75 bits per heavy atom. The number of hydrogen-bond acceptors (Lipinski definition) is 3. The van der Waals surface area contributed by atoms with Gasteiger partial charge in [-0.25, -0.2) is 12.8 Å². The van der Waals surface area contributed by atoms with Crippen LogP contribution in [0.4, 0.5) is 4.39 Å². The van der Waals surface area contributed by atoms with Gasteiger partial charge in [0.25, 0.3) is 0 Å². The Kier molecular flexibility index (Phi) is 4.46. The van der Waals surface area contributed by atoms with Crippen LogP contribution in [0.1, 0.15) is 19.3 Å². The summed E-state index contributed by atoms with van der Waals surface area (Å²) in [6.07, 6.45) is 1.45. The van der Waals surface area contributed by atoms with Crippen LogP contribution in [-0.4, -0.2) is 36.4 Å². The molecule has 1 atom stereocenters. The van der Waals surface area contributed by atoms with E-state index in [-0.39, 0.29) is 17.4 Å². The molecule has 8 heteroatoms. The van der Waals surface area contributed by atoms with Gasteiger partial charge in [0.15, 0.2) is 5.82 Å². The van der Waals surface area contributed by atoms with Crippen molar-refractivity contribution < 1.29 is 22.7 Å². The molecule has 0 aliphatic carbocycles. The lowest BCUT2D eigenvalue weighted by Crippen LogP contribution is -2.48. The summed E-state index contributed by atoms with van der Waals surface area (Å²) in [5.74, 6) is -2.11. The predicted octanol–water partition coefficient (Wildman–Crippen LogP) is 2.22. The number of carboxylic acid groups (broad SMARTS) is 1. The van der Waals surface area contributed by atoms with Gasteiger partial charge in [0.2, 0.25) is 10.0 Å². The van der Waals surface area contributed by atoms with E-state index in [2.05, 4.69) is 15.9 Å². The van der Waals surface area contributed by atoms with Crippen LogP contribution in [0, 0.1) is 5.82 Å².